The first-order valence-corrected chi connectivity index (χ1v) is 22.4. The summed E-state index contributed by atoms with van der Waals surface area (Å²) in [5.41, 5.74) is -2.86. The maximum Gasteiger partial charge on any atom is 0.313 e. The zero-order chi connectivity index (χ0) is 40.8. The third-order valence-corrected chi connectivity index (χ3v) is 17.7. The molecule has 1 aromatic heterocycles. The average molecular weight is 788 g/mol. The molecule has 0 spiro atoms. The minimum atomic E-state index is -1.55. The summed E-state index contributed by atoms with van der Waals surface area (Å²) in [7, 11) is 0. The van der Waals surface area contributed by atoms with Crippen LogP contribution in [0.15, 0.2) is 30.1 Å². The van der Waals surface area contributed by atoms with E-state index in [9.17, 15) is 35.1 Å². The molecular weight excluding hydrogens is 719 g/mol. The van der Waals surface area contributed by atoms with Crippen molar-refractivity contribution < 1.29 is 39.9 Å². The molecule has 0 radical (unpaired) electrons. The highest BCUT2D eigenvalue weighted by molar-refractivity contribution is 5.95. The summed E-state index contributed by atoms with van der Waals surface area (Å²) in [6, 6.07) is 1.97. The number of carbonyl (C=O) groups is 2. The first-order chi connectivity index (χ1) is 26.9. The summed E-state index contributed by atoms with van der Waals surface area (Å²) in [6.07, 6.45) is 10.7. The smallest absolute Gasteiger partial charge is 0.313 e. The van der Waals surface area contributed by atoms with Crippen LogP contribution in [0.1, 0.15) is 130 Å². The lowest BCUT2D eigenvalue weighted by atomic mass is 9.45. The van der Waals surface area contributed by atoms with Crippen molar-refractivity contribution >= 4 is 11.8 Å². The van der Waals surface area contributed by atoms with Gasteiger partial charge in [0.1, 0.15) is 0 Å². The van der Waals surface area contributed by atoms with Crippen LogP contribution in [0, 0.1) is 87.8 Å². The summed E-state index contributed by atoms with van der Waals surface area (Å²) in [4.78, 5) is 30.5. The molecule has 2 heterocycles. The summed E-state index contributed by atoms with van der Waals surface area (Å²) in [6.45, 7) is 13.0. The summed E-state index contributed by atoms with van der Waals surface area (Å²) >= 11 is 0. The van der Waals surface area contributed by atoms with Gasteiger partial charge in [0.2, 0.25) is 0 Å². The Balaban J connectivity index is 1.21. The Morgan fingerprint density at radius 2 is 1.72 bits per heavy atom. The van der Waals surface area contributed by atoms with Gasteiger partial charge in [-0.2, -0.15) is 0 Å². The van der Waals surface area contributed by atoms with Crippen molar-refractivity contribution in [2.75, 3.05) is 6.61 Å². The minimum absolute atomic E-state index is 0.108. The number of esters is 1. The SMILES string of the molecule is CC(C)CC1CCCC2C(C)CC(O)C(C)(O)C3C(CC#CC(C4COC(=O)C4c4cc[nH]c4)CC12)CC1(O)C2=CC(=O)C4CC(O)C(O)CC4(C)C2CCC31C. The molecule has 1 aromatic rings. The van der Waals surface area contributed by atoms with Crippen molar-refractivity contribution in [3.05, 3.63) is 35.7 Å². The lowest BCUT2D eigenvalue weighted by Gasteiger charge is -2.60. The number of nitrogens with one attached hydrogen (secondary N) is 1. The van der Waals surface area contributed by atoms with Crippen LogP contribution < -0.4 is 0 Å². The van der Waals surface area contributed by atoms with Gasteiger partial charge in [0.15, 0.2) is 5.78 Å². The normalized spacial score (nSPS) is 50.0. The van der Waals surface area contributed by atoms with Crippen molar-refractivity contribution in [3.8, 4) is 11.8 Å². The molecule has 5 fully saturated rings. The first-order valence-electron chi connectivity index (χ1n) is 22.4. The fourth-order valence-electron chi connectivity index (χ4n) is 15.0. The van der Waals surface area contributed by atoms with E-state index in [4.69, 9.17) is 4.74 Å². The number of carbonyl (C=O) groups excluding carboxylic acids is 2. The third kappa shape index (κ3) is 6.62. The fourth-order valence-corrected chi connectivity index (χ4v) is 15.0. The van der Waals surface area contributed by atoms with Gasteiger partial charge in [-0.15, -0.1) is 5.92 Å². The van der Waals surface area contributed by atoms with Crippen molar-refractivity contribution in [1.82, 2.24) is 4.98 Å². The minimum Gasteiger partial charge on any atom is -0.465 e. The molecule has 9 nitrogen and oxygen atoms in total. The van der Waals surface area contributed by atoms with Crippen LogP contribution >= 0.6 is 0 Å². The fraction of sp³-hybridized carbons (Fsp3) is 0.792. The maximum atomic E-state index is 14.0. The molecule has 1 saturated heterocycles. The van der Waals surface area contributed by atoms with Crippen molar-refractivity contribution in [2.24, 2.45) is 75.9 Å². The molecular formula is C48H69NO8. The predicted octanol–water partition coefficient (Wildman–Crippen LogP) is 6.33. The number of fused-ring (bicyclic) bond motifs is 8. The summed E-state index contributed by atoms with van der Waals surface area (Å²) in [5, 5.41) is 60.1. The molecule has 18 unspecified atom stereocenters. The molecule has 0 amide bonds. The maximum absolute atomic E-state index is 14.0. The van der Waals surface area contributed by atoms with Gasteiger partial charge in [-0.25, -0.2) is 0 Å². The average Bonchev–Trinajstić information content (AvgIpc) is 3.85. The molecule has 6 aliphatic carbocycles. The van der Waals surface area contributed by atoms with E-state index < -0.39 is 58.1 Å². The second kappa shape index (κ2) is 14.9. The van der Waals surface area contributed by atoms with Gasteiger partial charge in [0, 0.05) is 47.9 Å². The second-order valence-electron chi connectivity index (χ2n) is 21.3. The number of cyclic esters (lactones) is 1. The monoisotopic (exact) mass is 788 g/mol. The van der Waals surface area contributed by atoms with E-state index in [1.165, 1.54) is 0 Å². The topological polar surface area (TPSA) is 160 Å². The van der Waals surface area contributed by atoms with Crippen LogP contribution in [-0.4, -0.2) is 78.4 Å². The third-order valence-electron chi connectivity index (χ3n) is 17.7. The number of H-pyrrole nitrogens is 1. The molecule has 1 aliphatic heterocycles. The van der Waals surface area contributed by atoms with Gasteiger partial charge in [-0.1, -0.05) is 53.4 Å². The number of ether oxygens (including phenoxy) is 1. The van der Waals surface area contributed by atoms with Crippen LogP contribution in [0.4, 0.5) is 0 Å². The predicted molar refractivity (Wildman–Crippen MR) is 216 cm³/mol. The summed E-state index contributed by atoms with van der Waals surface area (Å²) < 4.78 is 5.83. The molecule has 8 rings (SSSR count). The van der Waals surface area contributed by atoms with E-state index >= 15 is 0 Å². The molecule has 18 atom stereocenters. The highest BCUT2D eigenvalue weighted by Gasteiger charge is 2.71. The molecule has 0 bridgehead atoms. The number of aliphatic hydroxyl groups excluding tert-OH is 3. The number of allylic oxidation sites excluding steroid dienone is 1. The lowest BCUT2D eigenvalue weighted by Crippen LogP contribution is -2.63. The van der Waals surface area contributed by atoms with Crippen molar-refractivity contribution in [1.29, 1.82) is 0 Å². The summed E-state index contributed by atoms with van der Waals surface area (Å²) in [5.74, 6) is 6.90. The highest BCUT2D eigenvalue weighted by atomic mass is 16.5. The van der Waals surface area contributed by atoms with Crippen LogP contribution in [-0.2, 0) is 14.3 Å². The van der Waals surface area contributed by atoms with Gasteiger partial charge >= 0.3 is 5.97 Å². The molecule has 9 heteroatoms. The standard InChI is InChI=1S/C48H69NO8/c1-26(2)17-28-10-8-12-32-27(3)18-41(53)47(6,55)43-30(11-7-9-29(19-33(28)32)34-25-57-44(54)42(34)31-14-16-49-24-31)22-48(56)36-20-38(50)37-21-39(51)40(52)23-45(37,4)35(36)13-15-46(43,48)5/h14,16,20,24,26-30,32-35,37,39-43,49,51-53,55-56H,8,10-13,15,17-19,21-23,25H2,1-6H3. The lowest BCUT2D eigenvalue weighted by molar-refractivity contribution is -0.182. The van der Waals surface area contributed by atoms with E-state index in [1.54, 1.807) is 13.0 Å². The Hall–Kier alpha value is -2.48. The van der Waals surface area contributed by atoms with E-state index in [2.05, 4.69) is 44.5 Å². The number of rotatable bonds is 4. The van der Waals surface area contributed by atoms with Gasteiger partial charge in [0.25, 0.3) is 0 Å². The van der Waals surface area contributed by atoms with Crippen LogP contribution in [0.2, 0.25) is 0 Å². The molecule has 314 valence electrons. The number of aromatic amines is 1. The Bertz CT molecular complexity index is 1770. The van der Waals surface area contributed by atoms with Crippen LogP contribution in [0.3, 0.4) is 0 Å². The van der Waals surface area contributed by atoms with E-state index in [1.807, 2.05) is 25.4 Å². The first kappa shape index (κ1) is 41.3. The van der Waals surface area contributed by atoms with Crippen LogP contribution in [0.5, 0.6) is 0 Å². The number of hydrogen-bond donors (Lipinski definition) is 6. The number of ketones is 1. The largest absolute Gasteiger partial charge is 0.465 e. The van der Waals surface area contributed by atoms with Gasteiger partial charge in [0.05, 0.1) is 42.0 Å². The quantitative estimate of drug-likeness (QED) is 0.153. The zero-order valence-corrected chi connectivity index (χ0v) is 35.1. The molecule has 0 aromatic carbocycles. The van der Waals surface area contributed by atoms with Gasteiger partial charge in [-0.3, -0.25) is 9.59 Å². The highest BCUT2D eigenvalue weighted by Crippen LogP contribution is 2.70. The van der Waals surface area contributed by atoms with E-state index in [0.29, 0.717) is 68.0 Å². The molecule has 57 heavy (non-hydrogen) atoms. The zero-order valence-electron chi connectivity index (χ0n) is 35.1. The van der Waals surface area contributed by atoms with Gasteiger partial charge < -0.3 is 35.3 Å². The molecule has 6 N–H and O–H groups in total. The molecule has 7 aliphatic rings. The van der Waals surface area contributed by atoms with Crippen LogP contribution in [0.25, 0.3) is 0 Å². The second-order valence-corrected chi connectivity index (χ2v) is 21.3. The Morgan fingerprint density at radius 3 is 2.44 bits per heavy atom. The van der Waals surface area contributed by atoms with Crippen molar-refractivity contribution in [3.63, 3.8) is 0 Å². The Kier molecular flexibility index (Phi) is 10.8. The Labute approximate surface area is 339 Å². The Morgan fingerprint density at radius 1 is 0.947 bits per heavy atom. The van der Waals surface area contributed by atoms with E-state index in [0.717, 1.165) is 37.7 Å². The van der Waals surface area contributed by atoms with E-state index in [-0.39, 0.29) is 54.2 Å². The number of aliphatic hydroxyl groups is 5. The van der Waals surface area contributed by atoms with Gasteiger partial charge in [-0.05, 0) is 135 Å². The number of aromatic nitrogens is 1. The van der Waals surface area contributed by atoms with Crippen molar-refractivity contribution in [2.45, 2.75) is 154 Å². The molecule has 4 saturated carbocycles. The number of hydrogen-bond acceptors (Lipinski definition) is 8.